The van der Waals surface area contributed by atoms with Crippen molar-refractivity contribution < 1.29 is 10.2 Å². The summed E-state index contributed by atoms with van der Waals surface area (Å²) >= 11 is 5.14. The van der Waals surface area contributed by atoms with E-state index in [9.17, 15) is 0 Å². The number of nitriles is 1. The molecule has 8 heavy (non-hydrogen) atoms. The summed E-state index contributed by atoms with van der Waals surface area (Å²) in [5, 5.41) is 23.7. The van der Waals surface area contributed by atoms with Crippen molar-refractivity contribution in [3.8, 4) is 6.07 Å². The quantitative estimate of drug-likeness (QED) is 0.501. The summed E-state index contributed by atoms with van der Waals surface area (Å²) < 4.78 is 0. The smallest absolute Gasteiger partial charge is 0.148 e. The third-order valence-corrected chi connectivity index (χ3v) is 1.04. The van der Waals surface area contributed by atoms with Gasteiger partial charge in [0.25, 0.3) is 0 Å². The summed E-state index contributed by atoms with van der Waals surface area (Å²) in [5.74, 6) is 0. The Kier molecular flexibility index (Phi) is 3.53. The molecule has 2 N–H and O–H groups in total. The second-order valence-corrected chi connectivity index (χ2v) is 1.75. The SMILES string of the molecule is N#CC(Cl)C(O)CO. The first-order valence-corrected chi connectivity index (χ1v) is 2.48. The van der Waals surface area contributed by atoms with Gasteiger partial charge in [-0.05, 0) is 0 Å². The summed E-state index contributed by atoms with van der Waals surface area (Å²) in [6.07, 6.45) is -1.12. The van der Waals surface area contributed by atoms with E-state index < -0.39 is 18.1 Å². The maximum absolute atomic E-state index is 8.52. The van der Waals surface area contributed by atoms with E-state index in [1.54, 1.807) is 6.07 Å². The lowest BCUT2D eigenvalue weighted by Crippen LogP contribution is -2.22. The van der Waals surface area contributed by atoms with Crippen molar-refractivity contribution in [2.24, 2.45) is 0 Å². The molecule has 0 bridgehead atoms. The average Bonchev–Trinajstić information content (AvgIpc) is 1.84. The molecule has 0 spiro atoms. The largest absolute Gasteiger partial charge is 0.394 e. The first-order chi connectivity index (χ1) is 3.72. The molecule has 0 saturated heterocycles. The predicted molar refractivity (Wildman–Crippen MR) is 28.3 cm³/mol. The normalized spacial score (nSPS) is 16.8. The zero-order chi connectivity index (χ0) is 6.57. The highest BCUT2D eigenvalue weighted by atomic mass is 35.5. The van der Waals surface area contributed by atoms with Crippen LogP contribution in [0.5, 0.6) is 0 Å². The molecule has 0 aromatic heterocycles. The van der Waals surface area contributed by atoms with Crippen molar-refractivity contribution in [2.75, 3.05) is 6.61 Å². The van der Waals surface area contributed by atoms with Crippen LogP contribution in [0.3, 0.4) is 0 Å². The fourth-order valence-electron chi connectivity index (χ4n) is 0.179. The van der Waals surface area contributed by atoms with Crippen molar-refractivity contribution in [3.05, 3.63) is 0 Å². The Bertz CT molecular complexity index is 101. The summed E-state index contributed by atoms with van der Waals surface area (Å²) in [7, 11) is 0. The summed E-state index contributed by atoms with van der Waals surface area (Å²) in [6.45, 7) is -0.471. The fraction of sp³-hybridized carbons (Fsp3) is 0.750. The summed E-state index contributed by atoms with van der Waals surface area (Å²) in [4.78, 5) is 0. The van der Waals surface area contributed by atoms with E-state index >= 15 is 0 Å². The zero-order valence-electron chi connectivity index (χ0n) is 4.08. The molecule has 0 rings (SSSR count). The topological polar surface area (TPSA) is 64.2 Å². The predicted octanol–water partition coefficient (Wildman–Crippen LogP) is -0.529. The van der Waals surface area contributed by atoms with E-state index in [2.05, 4.69) is 0 Å². The van der Waals surface area contributed by atoms with Crippen LogP contribution in [0.2, 0.25) is 0 Å². The molecule has 0 heterocycles. The minimum Gasteiger partial charge on any atom is -0.394 e. The number of aliphatic hydroxyl groups excluding tert-OH is 2. The number of halogens is 1. The van der Waals surface area contributed by atoms with Gasteiger partial charge in [0.1, 0.15) is 11.5 Å². The number of aliphatic hydroxyl groups is 2. The third kappa shape index (κ3) is 2.12. The van der Waals surface area contributed by atoms with Gasteiger partial charge in [-0.2, -0.15) is 5.26 Å². The maximum Gasteiger partial charge on any atom is 0.148 e. The molecule has 0 aliphatic rings. The van der Waals surface area contributed by atoms with Gasteiger partial charge in [0.15, 0.2) is 0 Å². The van der Waals surface area contributed by atoms with Gasteiger partial charge in [0.2, 0.25) is 0 Å². The van der Waals surface area contributed by atoms with Crippen LogP contribution in [0.25, 0.3) is 0 Å². The molecular formula is C4H6ClNO2. The Hall–Kier alpha value is -0.300. The Balaban J connectivity index is 3.49. The highest BCUT2D eigenvalue weighted by Gasteiger charge is 2.12. The second kappa shape index (κ2) is 3.67. The van der Waals surface area contributed by atoms with Crippen LogP contribution in [-0.2, 0) is 0 Å². The minimum absolute atomic E-state index is 0.471. The molecule has 46 valence electrons. The van der Waals surface area contributed by atoms with Gasteiger partial charge in [-0.3, -0.25) is 0 Å². The molecule has 0 aliphatic heterocycles. The molecule has 2 unspecified atom stereocenters. The van der Waals surface area contributed by atoms with Crippen LogP contribution in [0.1, 0.15) is 0 Å². The van der Waals surface area contributed by atoms with E-state index in [1.165, 1.54) is 0 Å². The Labute approximate surface area is 52.1 Å². The van der Waals surface area contributed by atoms with Gasteiger partial charge < -0.3 is 10.2 Å². The van der Waals surface area contributed by atoms with E-state index in [0.29, 0.717) is 0 Å². The van der Waals surface area contributed by atoms with Crippen molar-refractivity contribution >= 4 is 11.6 Å². The summed E-state index contributed by atoms with van der Waals surface area (Å²) in [6, 6.07) is 1.57. The van der Waals surface area contributed by atoms with Crippen LogP contribution >= 0.6 is 11.6 Å². The second-order valence-electron chi connectivity index (χ2n) is 1.28. The monoisotopic (exact) mass is 135 g/mol. The zero-order valence-corrected chi connectivity index (χ0v) is 4.84. The lowest BCUT2D eigenvalue weighted by atomic mass is 10.3. The Morgan fingerprint density at radius 2 is 2.25 bits per heavy atom. The summed E-state index contributed by atoms with van der Waals surface area (Å²) in [5.41, 5.74) is 0. The van der Waals surface area contributed by atoms with Gasteiger partial charge >= 0.3 is 0 Å². The fourth-order valence-corrected chi connectivity index (χ4v) is 0.258. The van der Waals surface area contributed by atoms with E-state index in [-0.39, 0.29) is 0 Å². The average molecular weight is 136 g/mol. The van der Waals surface area contributed by atoms with Crippen LogP contribution in [0.15, 0.2) is 0 Å². The lowest BCUT2D eigenvalue weighted by Gasteiger charge is -2.04. The van der Waals surface area contributed by atoms with Crippen molar-refractivity contribution in [1.82, 2.24) is 0 Å². The highest BCUT2D eigenvalue weighted by molar-refractivity contribution is 6.22. The molecular weight excluding hydrogens is 130 g/mol. The minimum atomic E-state index is -1.12. The van der Waals surface area contributed by atoms with Crippen molar-refractivity contribution in [2.45, 2.75) is 11.5 Å². The van der Waals surface area contributed by atoms with Crippen molar-refractivity contribution in [1.29, 1.82) is 5.26 Å². The first kappa shape index (κ1) is 7.70. The number of alkyl halides is 1. The maximum atomic E-state index is 8.52. The van der Waals surface area contributed by atoms with Crippen LogP contribution in [0.4, 0.5) is 0 Å². The molecule has 2 atom stereocenters. The third-order valence-electron chi connectivity index (χ3n) is 0.648. The number of hydrogen-bond acceptors (Lipinski definition) is 3. The van der Waals surface area contributed by atoms with E-state index in [1.807, 2.05) is 0 Å². The molecule has 0 aromatic rings. The lowest BCUT2D eigenvalue weighted by molar-refractivity contribution is 0.101. The Morgan fingerprint density at radius 1 is 1.75 bits per heavy atom. The van der Waals surface area contributed by atoms with E-state index in [4.69, 9.17) is 27.1 Å². The number of rotatable bonds is 2. The van der Waals surface area contributed by atoms with Gasteiger partial charge in [-0.1, -0.05) is 0 Å². The Morgan fingerprint density at radius 3 is 2.38 bits per heavy atom. The van der Waals surface area contributed by atoms with Crippen molar-refractivity contribution in [3.63, 3.8) is 0 Å². The van der Waals surface area contributed by atoms with Gasteiger partial charge in [-0.25, -0.2) is 0 Å². The van der Waals surface area contributed by atoms with Crippen LogP contribution in [0, 0.1) is 11.3 Å². The number of hydrogen-bond donors (Lipinski definition) is 2. The standard InChI is InChI=1S/C4H6ClNO2/c5-3(1-6)4(8)2-7/h3-4,7-8H,2H2. The van der Waals surface area contributed by atoms with Gasteiger partial charge in [0.05, 0.1) is 12.7 Å². The molecule has 0 fully saturated rings. The molecule has 0 saturated carbocycles. The molecule has 3 nitrogen and oxygen atoms in total. The molecule has 0 aromatic carbocycles. The molecule has 0 amide bonds. The van der Waals surface area contributed by atoms with Gasteiger partial charge in [-0.15, -0.1) is 11.6 Å². The van der Waals surface area contributed by atoms with Crippen LogP contribution < -0.4 is 0 Å². The van der Waals surface area contributed by atoms with E-state index in [0.717, 1.165) is 0 Å². The molecule has 4 heteroatoms. The highest BCUT2D eigenvalue weighted by Crippen LogP contribution is 1.98. The number of nitrogens with zero attached hydrogens (tertiary/aromatic N) is 1. The van der Waals surface area contributed by atoms with Gasteiger partial charge in [0, 0.05) is 0 Å². The van der Waals surface area contributed by atoms with Crippen LogP contribution in [-0.4, -0.2) is 28.3 Å². The first-order valence-electron chi connectivity index (χ1n) is 2.05. The molecule has 0 aliphatic carbocycles. The molecule has 0 radical (unpaired) electrons.